The molecule has 0 bridgehead atoms. The summed E-state index contributed by atoms with van der Waals surface area (Å²) < 4.78 is 18.1. The van der Waals surface area contributed by atoms with Gasteiger partial charge in [0.2, 0.25) is 0 Å². The van der Waals surface area contributed by atoms with E-state index in [1.165, 1.54) is 13.2 Å². The Morgan fingerprint density at radius 3 is 2.86 bits per heavy atom. The zero-order chi connectivity index (χ0) is 10.6. The molecule has 3 N–H and O–H groups in total. The van der Waals surface area contributed by atoms with Gasteiger partial charge in [-0.1, -0.05) is 12.1 Å². The molecule has 0 heterocycles. The van der Waals surface area contributed by atoms with Crippen LogP contribution < -0.4 is 10.5 Å². The molecule has 0 aliphatic heterocycles. The fourth-order valence-electron chi connectivity index (χ4n) is 1.33. The third kappa shape index (κ3) is 2.21. The first-order valence-electron chi connectivity index (χ1n) is 4.39. The number of para-hydroxylation sites is 1. The third-order valence-electron chi connectivity index (χ3n) is 2.04. The van der Waals surface area contributed by atoms with Crippen molar-refractivity contribution >= 4 is 0 Å². The van der Waals surface area contributed by atoms with E-state index < -0.39 is 11.9 Å². The van der Waals surface area contributed by atoms with Gasteiger partial charge < -0.3 is 15.6 Å². The van der Waals surface area contributed by atoms with E-state index in [2.05, 4.69) is 0 Å². The van der Waals surface area contributed by atoms with Crippen LogP contribution in [0.5, 0.6) is 5.75 Å². The number of halogens is 1. The van der Waals surface area contributed by atoms with Crippen molar-refractivity contribution in [3.8, 4) is 5.75 Å². The van der Waals surface area contributed by atoms with E-state index in [0.29, 0.717) is 12.0 Å². The number of benzene rings is 1. The van der Waals surface area contributed by atoms with Crippen molar-refractivity contribution in [3.63, 3.8) is 0 Å². The minimum absolute atomic E-state index is 0.0270. The molecule has 0 aliphatic carbocycles. The molecular weight excluding hydrogens is 185 g/mol. The summed E-state index contributed by atoms with van der Waals surface area (Å²) in [4.78, 5) is 0. The smallest absolute Gasteiger partial charge is 0.165 e. The molecule has 3 nitrogen and oxygen atoms in total. The number of ether oxygens (including phenoxy) is 1. The van der Waals surface area contributed by atoms with Gasteiger partial charge in [-0.2, -0.15) is 0 Å². The van der Waals surface area contributed by atoms with Gasteiger partial charge in [0.15, 0.2) is 11.6 Å². The molecule has 0 unspecified atom stereocenters. The molecule has 1 aromatic carbocycles. The van der Waals surface area contributed by atoms with Gasteiger partial charge in [0.1, 0.15) is 0 Å². The molecule has 1 aromatic rings. The fraction of sp³-hybridized carbons (Fsp3) is 0.400. The number of aliphatic hydroxyl groups excluding tert-OH is 1. The van der Waals surface area contributed by atoms with Gasteiger partial charge in [-0.05, 0) is 12.5 Å². The van der Waals surface area contributed by atoms with E-state index in [1.54, 1.807) is 12.1 Å². The van der Waals surface area contributed by atoms with Crippen molar-refractivity contribution in [3.05, 3.63) is 29.6 Å². The van der Waals surface area contributed by atoms with Crippen LogP contribution in [0, 0.1) is 5.82 Å². The van der Waals surface area contributed by atoms with Gasteiger partial charge in [0, 0.05) is 18.2 Å². The summed E-state index contributed by atoms with van der Waals surface area (Å²) in [6, 6.07) is 4.19. The molecule has 0 saturated heterocycles. The summed E-state index contributed by atoms with van der Waals surface area (Å²) in [5.74, 6) is -0.271. The zero-order valence-corrected chi connectivity index (χ0v) is 8.03. The number of methoxy groups -OCH3 is 1. The van der Waals surface area contributed by atoms with Crippen LogP contribution in [0.4, 0.5) is 4.39 Å². The SMILES string of the molecule is COc1c(F)cccc1[C@H](N)CCO. The van der Waals surface area contributed by atoms with Crippen molar-refractivity contribution in [1.82, 2.24) is 0 Å². The molecule has 0 aromatic heterocycles. The first kappa shape index (κ1) is 10.9. The van der Waals surface area contributed by atoms with E-state index in [9.17, 15) is 4.39 Å². The molecule has 0 aliphatic rings. The summed E-state index contributed by atoms with van der Waals surface area (Å²) in [6.07, 6.45) is 0.389. The van der Waals surface area contributed by atoms with E-state index in [1.807, 2.05) is 0 Å². The quantitative estimate of drug-likeness (QED) is 0.766. The highest BCUT2D eigenvalue weighted by molar-refractivity contribution is 5.37. The maximum absolute atomic E-state index is 13.2. The molecule has 78 valence electrons. The molecule has 0 saturated carbocycles. The van der Waals surface area contributed by atoms with Crippen molar-refractivity contribution in [2.75, 3.05) is 13.7 Å². The highest BCUT2D eigenvalue weighted by Gasteiger charge is 2.14. The van der Waals surface area contributed by atoms with Gasteiger partial charge in [0.25, 0.3) is 0 Å². The Bertz CT molecular complexity index is 304. The van der Waals surface area contributed by atoms with Crippen LogP contribution in [0.3, 0.4) is 0 Å². The molecule has 0 spiro atoms. The highest BCUT2D eigenvalue weighted by atomic mass is 19.1. The second kappa shape index (κ2) is 4.93. The Kier molecular flexibility index (Phi) is 3.85. The summed E-state index contributed by atoms with van der Waals surface area (Å²) in [7, 11) is 1.40. The van der Waals surface area contributed by atoms with Gasteiger partial charge in [-0.3, -0.25) is 0 Å². The predicted molar refractivity (Wildman–Crippen MR) is 51.6 cm³/mol. The Hall–Kier alpha value is -1.13. The van der Waals surface area contributed by atoms with Crippen LogP contribution in [0.2, 0.25) is 0 Å². The summed E-state index contributed by atoms with van der Waals surface area (Å²) >= 11 is 0. The molecule has 14 heavy (non-hydrogen) atoms. The van der Waals surface area contributed by atoms with Crippen LogP contribution in [0.15, 0.2) is 18.2 Å². The van der Waals surface area contributed by atoms with Gasteiger partial charge in [-0.15, -0.1) is 0 Å². The van der Waals surface area contributed by atoms with E-state index in [4.69, 9.17) is 15.6 Å². The van der Waals surface area contributed by atoms with Crippen molar-refractivity contribution in [2.45, 2.75) is 12.5 Å². The Morgan fingerprint density at radius 1 is 1.57 bits per heavy atom. The normalized spacial score (nSPS) is 12.6. The number of aliphatic hydroxyl groups is 1. The molecule has 0 radical (unpaired) electrons. The topological polar surface area (TPSA) is 55.5 Å². The highest BCUT2D eigenvalue weighted by Crippen LogP contribution is 2.27. The maximum Gasteiger partial charge on any atom is 0.165 e. The van der Waals surface area contributed by atoms with Crippen LogP contribution >= 0.6 is 0 Å². The minimum Gasteiger partial charge on any atom is -0.493 e. The number of nitrogens with two attached hydrogens (primary N) is 1. The van der Waals surface area contributed by atoms with Gasteiger partial charge in [0.05, 0.1) is 7.11 Å². The van der Waals surface area contributed by atoms with Crippen LogP contribution in [-0.4, -0.2) is 18.8 Å². The van der Waals surface area contributed by atoms with Crippen LogP contribution in [0.1, 0.15) is 18.0 Å². The summed E-state index contributed by atoms with van der Waals surface area (Å²) in [5.41, 5.74) is 6.33. The molecular formula is C10H14FNO2. The molecule has 1 rings (SSSR count). The molecule has 1 atom stereocenters. The van der Waals surface area contributed by atoms with E-state index >= 15 is 0 Å². The lowest BCUT2D eigenvalue weighted by Crippen LogP contribution is -2.13. The third-order valence-corrected chi connectivity index (χ3v) is 2.04. The largest absolute Gasteiger partial charge is 0.493 e. The van der Waals surface area contributed by atoms with Gasteiger partial charge in [-0.25, -0.2) is 4.39 Å². The Balaban J connectivity index is 3.00. The molecule has 0 fully saturated rings. The summed E-state index contributed by atoms with van der Waals surface area (Å²) in [5, 5.41) is 8.72. The standard InChI is InChI=1S/C10H14FNO2/c1-14-10-7(9(12)5-6-13)3-2-4-8(10)11/h2-4,9,13H,5-6,12H2,1H3/t9-/m1/s1. The monoisotopic (exact) mass is 199 g/mol. The van der Waals surface area contributed by atoms with Crippen LogP contribution in [0.25, 0.3) is 0 Å². The molecule has 0 amide bonds. The molecule has 4 heteroatoms. The van der Waals surface area contributed by atoms with Crippen LogP contribution in [-0.2, 0) is 0 Å². The predicted octanol–water partition coefficient (Wildman–Crippen LogP) is 1.22. The van der Waals surface area contributed by atoms with E-state index in [0.717, 1.165) is 0 Å². The fourth-order valence-corrected chi connectivity index (χ4v) is 1.33. The lowest BCUT2D eigenvalue weighted by molar-refractivity contribution is 0.274. The second-order valence-corrected chi connectivity index (χ2v) is 2.98. The lowest BCUT2D eigenvalue weighted by Gasteiger charge is -2.14. The first-order valence-corrected chi connectivity index (χ1v) is 4.39. The minimum atomic E-state index is -0.432. The number of hydrogen-bond donors (Lipinski definition) is 2. The maximum atomic E-state index is 13.2. The average molecular weight is 199 g/mol. The van der Waals surface area contributed by atoms with Crippen molar-refractivity contribution in [1.29, 1.82) is 0 Å². The average Bonchev–Trinajstić information content (AvgIpc) is 2.17. The summed E-state index contributed by atoms with van der Waals surface area (Å²) in [6.45, 7) is -0.0270. The van der Waals surface area contributed by atoms with E-state index in [-0.39, 0.29) is 12.4 Å². The Morgan fingerprint density at radius 2 is 2.29 bits per heavy atom. The zero-order valence-electron chi connectivity index (χ0n) is 8.03. The lowest BCUT2D eigenvalue weighted by atomic mass is 10.0. The Labute approximate surface area is 82.3 Å². The number of rotatable bonds is 4. The van der Waals surface area contributed by atoms with Gasteiger partial charge >= 0.3 is 0 Å². The number of hydrogen-bond acceptors (Lipinski definition) is 3. The second-order valence-electron chi connectivity index (χ2n) is 2.98. The first-order chi connectivity index (χ1) is 6.70. The van der Waals surface area contributed by atoms with Crippen molar-refractivity contribution < 1.29 is 14.2 Å². The van der Waals surface area contributed by atoms with Crippen molar-refractivity contribution in [2.24, 2.45) is 5.73 Å².